The van der Waals surface area contributed by atoms with Gasteiger partial charge in [-0.05, 0) is 12.1 Å². The summed E-state index contributed by atoms with van der Waals surface area (Å²) in [4.78, 5) is 14.8. The third-order valence-electron chi connectivity index (χ3n) is 2.27. The van der Waals surface area contributed by atoms with Gasteiger partial charge < -0.3 is 5.73 Å². The molecule has 0 bridgehead atoms. The molecule has 0 aliphatic carbocycles. The number of rotatable bonds is 2. The molecule has 0 fully saturated rings. The molecule has 0 spiro atoms. The average molecular weight is 290 g/mol. The number of carbonyl (C=O) groups is 1. The van der Waals surface area contributed by atoms with Gasteiger partial charge in [-0.15, -0.1) is 11.3 Å². The number of para-hydroxylation sites is 1. The first-order chi connectivity index (χ1) is 8.80. The monoisotopic (exact) mass is 290 g/mol. The van der Waals surface area contributed by atoms with Gasteiger partial charge in [0, 0.05) is 11.8 Å². The zero-order chi connectivity index (χ0) is 14.2. The van der Waals surface area contributed by atoms with Gasteiger partial charge in [0.15, 0.2) is 5.01 Å². The number of aromatic nitrogens is 1. The summed E-state index contributed by atoms with van der Waals surface area (Å²) in [5, 5.41) is -1.13. The second-order valence-corrected chi connectivity index (χ2v) is 4.59. The summed E-state index contributed by atoms with van der Waals surface area (Å²) in [6.07, 6.45) is -3.81. The molecule has 0 unspecified atom stereocenters. The molecule has 0 saturated heterocycles. The molecule has 19 heavy (non-hydrogen) atoms. The Morgan fingerprint density at radius 2 is 2.00 bits per heavy atom. The van der Waals surface area contributed by atoms with Crippen LogP contribution in [0.2, 0.25) is 0 Å². The van der Waals surface area contributed by atoms with Gasteiger partial charge in [-0.2, -0.15) is 13.2 Å². The van der Waals surface area contributed by atoms with Gasteiger partial charge in [0.05, 0.1) is 10.6 Å². The maximum Gasteiger partial charge on any atom is 0.443 e. The van der Waals surface area contributed by atoms with Crippen LogP contribution >= 0.6 is 11.3 Å². The molecule has 3 nitrogen and oxygen atoms in total. The minimum atomic E-state index is -4.61. The molecular weight excluding hydrogens is 284 g/mol. The van der Waals surface area contributed by atoms with Crippen molar-refractivity contribution in [1.82, 2.24) is 4.98 Å². The standard InChI is InChI=1S/C11H6F4N2OS/c12-6-3-1-2-5(8(6)16)9(18)7-4-17-10(19-7)11(13,14)15/h1-4H,16H2. The van der Waals surface area contributed by atoms with Crippen molar-refractivity contribution in [3.05, 3.63) is 45.7 Å². The van der Waals surface area contributed by atoms with Gasteiger partial charge in [-0.3, -0.25) is 4.79 Å². The van der Waals surface area contributed by atoms with E-state index in [0.717, 1.165) is 12.3 Å². The number of carbonyl (C=O) groups excluding carboxylic acids is 1. The molecule has 2 N–H and O–H groups in total. The van der Waals surface area contributed by atoms with Gasteiger partial charge in [0.2, 0.25) is 5.78 Å². The maximum absolute atomic E-state index is 13.2. The fourth-order valence-corrected chi connectivity index (χ4v) is 2.12. The van der Waals surface area contributed by atoms with Crippen molar-refractivity contribution >= 4 is 22.8 Å². The topological polar surface area (TPSA) is 56.0 Å². The number of thiazole rings is 1. The van der Waals surface area contributed by atoms with Crippen molar-refractivity contribution in [2.24, 2.45) is 0 Å². The van der Waals surface area contributed by atoms with Gasteiger partial charge in [-0.1, -0.05) is 6.07 Å². The van der Waals surface area contributed by atoms with E-state index in [0.29, 0.717) is 0 Å². The van der Waals surface area contributed by atoms with Crippen molar-refractivity contribution < 1.29 is 22.4 Å². The largest absolute Gasteiger partial charge is 0.443 e. The predicted molar refractivity (Wildman–Crippen MR) is 61.4 cm³/mol. The van der Waals surface area contributed by atoms with E-state index in [9.17, 15) is 22.4 Å². The minimum absolute atomic E-state index is 0.183. The van der Waals surface area contributed by atoms with Crippen LogP contribution in [0.15, 0.2) is 24.4 Å². The van der Waals surface area contributed by atoms with Crippen molar-refractivity contribution in [3.8, 4) is 0 Å². The number of hydrogen-bond donors (Lipinski definition) is 1. The Morgan fingerprint density at radius 3 is 2.58 bits per heavy atom. The minimum Gasteiger partial charge on any atom is -0.396 e. The molecule has 0 aliphatic rings. The van der Waals surface area contributed by atoms with E-state index in [4.69, 9.17) is 5.73 Å². The number of nitrogen functional groups attached to an aromatic ring is 1. The summed E-state index contributed by atoms with van der Waals surface area (Å²) >= 11 is 0.194. The lowest BCUT2D eigenvalue weighted by atomic mass is 10.1. The average Bonchev–Trinajstić information content (AvgIpc) is 2.81. The summed E-state index contributed by atoms with van der Waals surface area (Å²) < 4.78 is 50.3. The van der Waals surface area contributed by atoms with E-state index in [-0.39, 0.29) is 21.8 Å². The number of halogens is 4. The van der Waals surface area contributed by atoms with Crippen LogP contribution in [-0.2, 0) is 6.18 Å². The van der Waals surface area contributed by atoms with E-state index >= 15 is 0 Å². The smallest absolute Gasteiger partial charge is 0.396 e. The van der Waals surface area contributed by atoms with Crippen LogP contribution in [-0.4, -0.2) is 10.8 Å². The number of nitrogens with zero attached hydrogens (tertiary/aromatic N) is 1. The van der Waals surface area contributed by atoms with Crippen LogP contribution in [0.5, 0.6) is 0 Å². The van der Waals surface area contributed by atoms with Crippen LogP contribution < -0.4 is 5.73 Å². The molecule has 1 heterocycles. The summed E-state index contributed by atoms with van der Waals surface area (Å²) in [7, 11) is 0. The van der Waals surface area contributed by atoms with Crippen LogP contribution in [0.25, 0.3) is 0 Å². The molecule has 1 aromatic carbocycles. The molecule has 1 aromatic heterocycles. The maximum atomic E-state index is 13.2. The van der Waals surface area contributed by atoms with Crippen LogP contribution in [0.1, 0.15) is 20.2 Å². The number of anilines is 1. The first-order valence-electron chi connectivity index (χ1n) is 4.92. The SMILES string of the molecule is Nc1c(F)cccc1C(=O)c1cnc(C(F)(F)F)s1. The summed E-state index contributed by atoms with van der Waals surface area (Å²) in [6.45, 7) is 0. The lowest BCUT2D eigenvalue weighted by Crippen LogP contribution is -2.05. The number of ketones is 1. The molecule has 0 amide bonds. The Bertz CT molecular complexity index is 636. The second-order valence-electron chi connectivity index (χ2n) is 3.56. The van der Waals surface area contributed by atoms with Crippen molar-refractivity contribution in [2.45, 2.75) is 6.18 Å². The van der Waals surface area contributed by atoms with E-state index in [1.54, 1.807) is 0 Å². The van der Waals surface area contributed by atoms with E-state index in [1.165, 1.54) is 12.1 Å². The van der Waals surface area contributed by atoms with Gasteiger partial charge in [0.25, 0.3) is 0 Å². The molecule has 8 heteroatoms. The fraction of sp³-hybridized carbons (Fsp3) is 0.0909. The molecule has 2 rings (SSSR count). The van der Waals surface area contributed by atoms with Gasteiger partial charge >= 0.3 is 6.18 Å². The number of nitrogens with two attached hydrogens (primary N) is 1. The molecule has 2 aromatic rings. The highest BCUT2D eigenvalue weighted by Gasteiger charge is 2.35. The first-order valence-corrected chi connectivity index (χ1v) is 5.74. The van der Waals surface area contributed by atoms with Crippen molar-refractivity contribution in [3.63, 3.8) is 0 Å². The Balaban J connectivity index is 2.40. The highest BCUT2D eigenvalue weighted by Crippen LogP contribution is 2.33. The third-order valence-corrected chi connectivity index (χ3v) is 3.31. The zero-order valence-electron chi connectivity index (χ0n) is 9.16. The lowest BCUT2D eigenvalue weighted by molar-refractivity contribution is -0.137. The predicted octanol–water partition coefficient (Wildman–Crippen LogP) is 3.11. The van der Waals surface area contributed by atoms with E-state index in [2.05, 4.69) is 4.98 Å². The molecule has 0 atom stereocenters. The van der Waals surface area contributed by atoms with Gasteiger partial charge in [0.1, 0.15) is 5.82 Å². The number of benzene rings is 1. The third kappa shape index (κ3) is 2.58. The molecule has 0 saturated carbocycles. The number of hydrogen-bond acceptors (Lipinski definition) is 4. The summed E-state index contributed by atoms with van der Waals surface area (Å²) in [5.41, 5.74) is 4.80. The Kier molecular flexibility index (Phi) is 3.27. The fourth-order valence-electron chi connectivity index (χ4n) is 1.38. The van der Waals surface area contributed by atoms with Crippen LogP contribution in [0, 0.1) is 5.82 Å². The highest BCUT2D eigenvalue weighted by atomic mass is 32.1. The number of alkyl halides is 3. The Morgan fingerprint density at radius 1 is 1.32 bits per heavy atom. The summed E-state index contributed by atoms with van der Waals surface area (Å²) in [5.74, 6) is -1.59. The lowest BCUT2D eigenvalue weighted by Gasteiger charge is -2.03. The normalized spacial score (nSPS) is 11.6. The van der Waals surface area contributed by atoms with Gasteiger partial charge in [-0.25, -0.2) is 9.37 Å². The molecular formula is C11H6F4N2OS. The van der Waals surface area contributed by atoms with Crippen LogP contribution in [0.3, 0.4) is 0 Å². The van der Waals surface area contributed by atoms with Crippen molar-refractivity contribution in [1.29, 1.82) is 0 Å². The summed E-state index contributed by atoms with van der Waals surface area (Å²) in [6, 6.07) is 3.55. The molecule has 0 aliphatic heterocycles. The van der Waals surface area contributed by atoms with Crippen molar-refractivity contribution in [2.75, 3.05) is 5.73 Å². The molecule has 100 valence electrons. The first kappa shape index (κ1) is 13.5. The Hall–Kier alpha value is -1.96. The van der Waals surface area contributed by atoms with E-state index < -0.39 is 28.5 Å². The van der Waals surface area contributed by atoms with Crippen LogP contribution in [0.4, 0.5) is 23.2 Å². The quantitative estimate of drug-likeness (QED) is 0.525. The zero-order valence-corrected chi connectivity index (χ0v) is 9.98. The highest BCUT2D eigenvalue weighted by molar-refractivity contribution is 7.14. The second kappa shape index (κ2) is 4.61. The molecule has 0 radical (unpaired) electrons. The van der Waals surface area contributed by atoms with E-state index in [1.807, 2.05) is 0 Å². The Labute approximate surface area is 108 Å².